The van der Waals surface area contributed by atoms with Gasteiger partial charge in [-0.2, -0.15) is 0 Å². The SMILES string of the molecule is COc1ccc(C2CCCN2C(=O)c2ccc(C(=O)O)nc2)c(OC)c1. The van der Waals surface area contributed by atoms with Gasteiger partial charge in [-0.1, -0.05) is 0 Å². The number of benzene rings is 1. The Balaban J connectivity index is 1.88. The van der Waals surface area contributed by atoms with Crippen LogP contribution in [0, 0.1) is 0 Å². The van der Waals surface area contributed by atoms with E-state index in [1.165, 1.54) is 18.3 Å². The molecule has 0 spiro atoms. The van der Waals surface area contributed by atoms with Crippen LogP contribution >= 0.6 is 0 Å². The number of amides is 1. The molecular weight excluding hydrogens is 336 g/mol. The molecule has 1 N–H and O–H groups in total. The van der Waals surface area contributed by atoms with Gasteiger partial charge in [0, 0.05) is 24.4 Å². The van der Waals surface area contributed by atoms with Gasteiger partial charge in [-0.05, 0) is 37.1 Å². The minimum atomic E-state index is -1.12. The lowest BCUT2D eigenvalue weighted by Crippen LogP contribution is -2.31. The molecule has 1 saturated heterocycles. The molecule has 1 atom stereocenters. The number of ether oxygens (including phenoxy) is 2. The minimum Gasteiger partial charge on any atom is -0.497 e. The summed E-state index contributed by atoms with van der Waals surface area (Å²) < 4.78 is 10.7. The standard InChI is InChI=1S/C19H20N2O5/c1-25-13-6-7-14(17(10-13)26-2)16-4-3-9-21(16)18(22)12-5-8-15(19(23)24)20-11-12/h5-8,10-11,16H,3-4,9H2,1-2H3,(H,23,24). The van der Waals surface area contributed by atoms with Crippen LogP contribution in [0.25, 0.3) is 0 Å². The Morgan fingerprint density at radius 2 is 2.00 bits per heavy atom. The van der Waals surface area contributed by atoms with Crippen LogP contribution < -0.4 is 9.47 Å². The topological polar surface area (TPSA) is 89.0 Å². The lowest BCUT2D eigenvalue weighted by molar-refractivity contribution is 0.0685. The van der Waals surface area contributed by atoms with Crippen molar-refractivity contribution in [2.45, 2.75) is 18.9 Å². The first-order valence-electron chi connectivity index (χ1n) is 8.27. The molecule has 1 amide bonds. The highest BCUT2D eigenvalue weighted by molar-refractivity contribution is 5.95. The number of hydrogen-bond donors (Lipinski definition) is 1. The zero-order valence-electron chi connectivity index (χ0n) is 14.6. The van der Waals surface area contributed by atoms with E-state index in [4.69, 9.17) is 14.6 Å². The molecule has 0 radical (unpaired) electrons. The third-order valence-corrected chi connectivity index (χ3v) is 4.54. The highest BCUT2D eigenvalue weighted by atomic mass is 16.5. The number of likely N-dealkylation sites (tertiary alicyclic amines) is 1. The summed E-state index contributed by atoms with van der Waals surface area (Å²) in [6, 6.07) is 8.30. The number of carboxylic acid groups (broad SMARTS) is 1. The van der Waals surface area contributed by atoms with Gasteiger partial charge in [-0.3, -0.25) is 4.79 Å². The summed E-state index contributed by atoms with van der Waals surface area (Å²) in [5, 5.41) is 8.94. The van der Waals surface area contributed by atoms with E-state index in [-0.39, 0.29) is 17.6 Å². The van der Waals surface area contributed by atoms with E-state index in [1.54, 1.807) is 25.2 Å². The summed E-state index contributed by atoms with van der Waals surface area (Å²) in [6.07, 6.45) is 3.02. The van der Waals surface area contributed by atoms with Crippen molar-refractivity contribution in [1.29, 1.82) is 0 Å². The van der Waals surface area contributed by atoms with Crippen molar-refractivity contribution in [2.75, 3.05) is 20.8 Å². The second-order valence-corrected chi connectivity index (χ2v) is 6.00. The average Bonchev–Trinajstić information content (AvgIpc) is 3.16. The van der Waals surface area contributed by atoms with Crippen LogP contribution in [0.5, 0.6) is 11.5 Å². The van der Waals surface area contributed by atoms with E-state index >= 15 is 0 Å². The van der Waals surface area contributed by atoms with Crippen molar-refractivity contribution in [3.8, 4) is 11.5 Å². The van der Waals surface area contributed by atoms with Crippen molar-refractivity contribution in [2.24, 2.45) is 0 Å². The predicted octanol–water partition coefficient (Wildman–Crippen LogP) is 2.77. The monoisotopic (exact) mass is 356 g/mol. The van der Waals surface area contributed by atoms with Gasteiger partial charge in [0.1, 0.15) is 17.2 Å². The Morgan fingerprint density at radius 3 is 2.62 bits per heavy atom. The zero-order chi connectivity index (χ0) is 18.7. The third-order valence-electron chi connectivity index (χ3n) is 4.54. The Labute approximate surface area is 151 Å². The number of rotatable bonds is 5. The molecule has 7 nitrogen and oxygen atoms in total. The van der Waals surface area contributed by atoms with Crippen molar-refractivity contribution >= 4 is 11.9 Å². The van der Waals surface area contributed by atoms with Gasteiger partial charge in [-0.15, -0.1) is 0 Å². The second-order valence-electron chi connectivity index (χ2n) is 6.00. The summed E-state index contributed by atoms with van der Waals surface area (Å²) in [7, 11) is 3.18. The number of aromatic carboxylic acids is 1. The van der Waals surface area contributed by atoms with Crippen molar-refractivity contribution < 1.29 is 24.2 Å². The number of hydrogen-bond acceptors (Lipinski definition) is 5. The molecule has 0 saturated carbocycles. The first kappa shape index (κ1) is 17.7. The molecular formula is C19H20N2O5. The number of nitrogens with zero attached hydrogens (tertiary/aromatic N) is 2. The molecule has 2 aromatic rings. The number of carboxylic acids is 1. The van der Waals surface area contributed by atoms with Crippen LogP contribution in [0.2, 0.25) is 0 Å². The summed E-state index contributed by atoms with van der Waals surface area (Å²) in [4.78, 5) is 29.4. The maximum absolute atomic E-state index is 12.9. The normalized spacial score (nSPS) is 16.4. The largest absolute Gasteiger partial charge is 0.497 e. The van der Waals surface area contributed by atoms with Gasteiger partial charge in [0.05, 0.1) is 25.8 Å². The van der Waals surface area contributed by atoms with E-state index in [2.05, 4.69) is 4.98 Å². The quantitative estimate of drug-likeness (QED) is 0.886. The third kappa shape index (κ3) is 3.33. The molecule has 3 rings (SSSR count). The Morgan fingerprint density at radius 1 is 1.19 bits per heavy atom. The van der Waals surface area contributed by atoms with E-state index in [0.29, 0.717) is 23.6 Å². The Kier molecular flexibility index (Phi) is 5.06. The van der Waals surface area contributed by atoms with Gasteiger partial charge in [0.25, 0.3) is 5.91 Å². The maximum Gasteiger partial charge on any atom is 0.354 e. The van der Waals surface area contributed by atoms with Gasteiger partial charge in [-0.25, -0.2) is 9.78 Å². The van der Waals surface area contributed by atoms with E-state index in [1.807, 2.05) is 12.1 Å². The molecule has 2 heterocycles. The van der Waals surface area contributed by atoms with E-state index in [0.717, 1.165) is 18.4 Å². The Bertz CT molecular complexity index is 819. The molecule has 1 aliphatic rings. The zero-order valence-corrected chi connectivity index (χ0v) is 14.6. The molecule has 0 bridgehead atoms. The van der Waals surface area contributed by atoms with Gasteiger partial charge < -0.3 is 19.5 Å². The molecule has 0 aliphatic carbocycles. The highest BCUT2D eigenvalue weighted by Gasteiger charge is 2.32. The van der Waals surface area contributed by atoms with Crippen molar-refractivity contribution in [3.63, 3.8) is 0 Å². The van der Waals surface area contributed by atoms with Gasteiger partial charge in [0.15, 0.2) is 0 Å². The minimum absolute atomic E-state index is 0.0867. The first-order chi connectivity index (χ1) is 12.5. The molecule has 1 aromatic heterocycles. The number of aromatic nitrogens is 1. The van der Waals surface area contributed by atoms with Crippen LogP contribution in [0.4, 0.5) is 0 Å². The summed E-state index contributed by atoms with van der Waals surface area (Å²) >= 11 is 0. The number of pyridine rings is 1. The Hall–Kier alpha value is -3.09. The van der Waals surface area contributed by atoms with Gasteiger partial charge in [0.2, 0.25) is 0 Å². The van der Waals surface area contributed by atoms with Gasteiger partial charge >= 0.3 is 5.97 Å². The lowest BCUT2D eigenvalue weighted by atomic mass is 10.0. The average molecular weight is 356 g/mol. The predicted molar refractivity (Wildman–Crippen MR) is 93.8 cm³/mol. The summed E-state index contributed by atoms with van der Waals surface area (Å²) in [5.41, 5.74) is 1.21. The number of carbonyl (C=O) groups excluding carboxylic acids is 1. The highest BCUT2D eigenvalue weighted by Crippen LogP contribution is 2.39. The lowest BCUT2D eigenvalue weighted by Gasteiger charge is -2.26. The van der Waals surface area contributed by atoms with Crippen LogP contribution in [0.15, 0.2) is 36.5 Å². The molecule has 7 heteroatoms. The van der Waals surface area contributed by atoms with Crippen LogP contribution in [-0.4, -0.2) is 47.6 Å². The van der Waals surface area contributed by atoms with Crippen LogP contribution in [0.1, 0.15) is 45.3 Å². The number of carbonyl (C=O) groups is 2. The fourth-order valence-corrected chi connectivity index (χ4v) is 3.24. The van der Waals surface area contributed by atoms with E-state index < -0.39 is 5.97 Å². The fraction of sp³-hybridized carbons (Fsp3) is 0.316. The molecule has 1 aliphatic heterocycles. The maximum atomic E-state index is 12.9. The molecule has 1 unspecified atom stereocenters. The van der Waals surface area contributed by atoms with E-state index in [9.17, 15) is 9.59 Å². The smallest absolute Gasteiger partial charge is 0.354 e. The first-order valence-corrected chi connectivity index (χ1v) is 8.27. The fourth-order valence-electron chi connectivity index (χ4n) is 3.24. The van der Waals surface area contributed by atoms with Crippen LogP contribution in [-0.2, 0) is 0 Å². The molecule has 136 valence electrons. The molecule has 1 aromatic carbocycles. The number of methoxy groups -OCH3 is 2. The summed E-state index contributed by atoms with van der Waals surface area (Å²) in [6.45, 7) is 0.624. The second kappa shape index (κ2) is 7.43. The molecule has 1 fully saturated rings. The molecule has 26 heavy (non-hydrogen) atoms. The summed E-state index contributed by atoms with van der Waals surface area (Å²) in [5.74, 6) is 0.0733. The van der Waals surface area contributed by atoms with Crippen molar-refractivity contribution in [3.05, 3.63) is 53.3 Å². The van der Waals surface area contributed by atoms with Crippen LogP contribution in [0.3, 0.4) is 0 Å². The van der Waals surface area contributed by atoms with Crippen molar-refractivity contribution in [1.82, 2.24) is 9.88 Å².